The van der Waals surface area contributed by atoms with Crippen molar-refractivity contribution in [2.45, 2.75) is 45.8 Å². The van der Waals surface area contributed by atoms with Crippen molar-refractivity contribution in [2.75, 3.05) is 0 Å². The Hall–Kier alpha value is -0.150. The van der Waals surface area contributed by atoms with Crippen molar-refractivity contribution in [3.05, 3.63) is 0 Å². The molecule has 1 saturated heterocycles. The van der Waals surface area contributed by atoms with Crippen molar-refractivity contribution in [2.24, 2.45) is 5.92 Å². The Morgan fingerprint density at radius 3 is 2.42 bits per heavy atom. The zero-order chi connectivity index (χ0) is 9.35. The second-order valence-corrected chi connectivity index (χ2v) is 4.83. The van der Waals surface area contributed by atoms with E-state index in [2.05, 4.69) is 38.3 Å². The van der Waals surface area contributed by atoms with Crippen LogP contribution in [0.5, 0.6) is 0 Å². The largest absolute Gasteiger partial charge is 0.363 e. The highest BCUT2D eigenvalue weighted by molar-refractivity contribution is 7.80. The Labute approximate surface area is 80.1 Å². The monoisotopic (exact) mass is 186 g/mol. The fourth-order valence-electron chi connectivity index (χ4n) is 1.47. The third-order valence-electron chi connectivity index (χ3n) is 2.12. The predicted molar refractivity (Wildman–Crippen MR) is 56.2 cm³/mol. The van der Waals surface area contributed by atoms with Gasteiger partial charge in [0.1, 0.15) is 0 Å². The van der Waals surface area contributed by atoms with Crippen LogP contribution in [0.3, 0.4) is 0 Å². The summed E-state index contributed by atoms with van der Waals surface area (Å²) in [6.07, 6.45) is 1.50. The van der Waals surface area contributed by atoms with Gasteiger partial charge in [-0.05, 0) is 26.2 Å². The summed E-state index contributed by atoms with van der Waals surface area (Å²) in [6, 6.07) is 0. The first-order chi connectivity index (χ1) is 5.42. The van der Waals surface area contributed by atoms with Gasteiger partial charge in [-0.3, -0.25) is 5.32 Å². The molecule has 0 aromatic carbocycles. The van der Waals surface area contributed by atoms with Crippen LogP contribution >= 0.6 is 12.2 Å². The van der Waals surface area contributed by atoms with E-state index in [-0.39, 0.29) is 5.54 Å². The lowest BCUT2D eigenvalue weighted by molar-refractivity contribution is 0.393. The number of rotatable bonds is 2. The summed E-state index contributed by atoms with van der Waals surface area (Å²) < 4.78 is 0. The fourth-order valence-corrected chi connectivity index (χ4v) is 1.67. The lowest BCUT2D eigenvalue weighted by Crippen LogP contribution is -2.41. The minimum absolute atomic E-state index is 0.0190. The van der Waals surface area contributed by atoms with Crippen LogP contribution in [0.2, 0.25) is 0 Å². The molecule has 1 aliphatic heterocycles. The Balaban J connectivity index is 2.50. The number of hydrogen-bond donors (Lipinski definition) is 2. The molecule has 0 aromatic rings. The molecule has 3 heteroatoms. The Morgan fingerprint density at radius 1 is 1.50 bits per heavy atom. The minimum Gasteiger partial charge on any atom is -0.363 e. The molecule has 1 atom stereocenters. The lowest BCUT2D eigenvalue weighted by atomic mass is 10.1. The summed E-state index contributed by atoms with van der Waals surface area (Å²) in [5.41, 5.74) is -0.0190. The molecule has 70 valence electrons. The molecule has 0 radical (unpaired) electrons. The van der Waals surface area contributed by atoms with E-state index in [1.807, 2.05) is 0 Å². The first kappa shape index (κ1) is 9.93. The van der Waals surface area contributed by atoms with Crippen molar-refractivity contribution >= 4 is 17.2 Å². The summed E-state index contributed by atoms with van der Waals surface area (Å²) >= 11 is 5.21. The van der Waals surface area contributed by atoms with Gasteiger partial charge in [-0.2, -0.15) is 0 Å². The average Bonchev–Trinajstić information content (AvgIpc) is 2.04. The second kappa shape index (κ2) is 3.30. The van der Waals surface area contributed by atoms with E-state index in [1.54, 1.807) is 0 Å². The molecule has 1 unspecified atom stereocenters. The van der Waals surface area contributed by atoms with Crippen molar-refractivity contribution in [3.63, 3.8) is 0 Å². The van der Waals surface area contributed by atoms with Gasteiger partial charge < -0.3 is 5.32 Å². The highest BCUT2D eigenvalue weighted by atomic mass is 32.1. The van der Waals surface area contributed by atoms with Crippen LogP contribution in [0.4, 0.5) is 0 Å². The lowest BCUT2D eigenvalue weighted by Gasteiger charge is -2.18. The summed E-state index contributed by atoms with van der Waals surface area (Å²) in [5.74, 6) is 0.701. The van der Waals surface area contributed by atoms with Gasteiger partial charge in [0, 0.05) is 0 Å². The molecule has 0 amide bonds. The van der Waals surface area contributed by atoms with Crippen LogP contribution in [0.15, 0.2) is 0 Å². The molecule has 1 heterocycles. The van der Waals surface area contributed by atoms with Gasteiger partial charge in [-0.15, -0.1) is 0 Å². The summed E-state index contributed by atoms with van der Waals surface area (Å²) in [6.45, 7) is 8.67. The van der Waals surface area contributed by atoms with Gasteiger partial charge in [0.05, 0.1) is 16.7 Å². The van der Waals surface area contributed by atoms with E-state index in [9.17, 15) is 0 Å². The van der Waals surface area contributed by atoms with Crippen LogP contribution in [0.25, 0.3) is 0 Å². The molecule has 1 aliphatic rings. The SMILES string of the molecule is CC(C)CC1NC(=S)C(C)(C)N1. The Bertz CT molecular complexity index is 187. The molecule has 1 fully saturated rings. The first-order valence-electron chi connectivity index (χ1n) is 4.50. The van der Waals surface area contributed by atoms with Gasteiger partial charge >= 0.3 is 0 Å². The van der Waals surface area contributed by atoms with Gasteiger partial charge in [-0.1, -0.05) is 26.1 Å². The third kappa shape index (κ3) is 2.17. The van der Waals surface area contributed by atoms with Gasteiger partial charge in [-0.25, -0.2) is 0 Å². The Morgan fingerprint density at radius 2 is 2.08 bits per heavy atom. The highest BCUT2D eigenvalue weighted by Gasteiger charge is 2.34. The highest BCUT2D eigenvalue weighted by Crippen LogP contribution is 2.16. The van der Waals surface area contributed by atoms with E-state index < -0.39 is 0 Å². The molecular weight excluding hydrogens is 168 g/mol. The van der Waals surface area contributed by atoms with Crippen molar-refractivity contribution in [1.82, 2.24) is 10.6 Å². The first-order valence-corrected chi connectivity index (χ1v) is 4.91. The van der Waals surface area contributed by atoms with Crippen molar-refractivity contribution in [1.29, 1.82) is 0 Å². The number of hydrogen-bond acceptors (Lipinski definition) is 2. The number of nitrogens with one attached hydrogen (secondary N) is 2. The summed E-state index contributed by atoms with van der Waals surface area (Å²) in [5, 5.41) is 6.75. The van der Waals surface area contributed by atoms with Gasteiger partial charge in [0.2, 0.25) is 0 Å². The van der Waals surface area contributed by atoms with E-state index in [0.717, 1.165) is 11.4 Å². The quantitative estimate of drug-likeness (QED) is 0.641. The van der Waals surface area contributed by atoms with E-state index in [0.29, 0.717) is 12.1 Å². The molecule has 0 bridgehead atoms. The van der Waals surface area contributed by atoms with E-state index in [1.165, 1.54) is 0 Å². The van der Waals surface area contributed by atoms with E-state index in [4.69, 9.17) is 12.2 Å². The molecule has 0 aliphatic carbocycles. The van der Waals surface area contributed by atoms with Crippen LogP contribution in [-0.2, 0) is 0 Å². The molecule has 1 rings (SSSR count). The van der Waals surface area contributed by atoms with Crippen LogP contribution in [0, 0.1) is 5.92 Å². The van der Waals surface area contributed by atoms with Gasteiger partial charge in [0.25, 0.3) is 0 Å². The Kier molecular flexibility index (Phi) is 2.74. The second-order valence-electron chi connectivity index (χ2n) is 4.42. The van der Waals surface area contributed by atoms with E-state index >= 15 is 0 Å². The predicted octanol–water partition coefficient (Wildman–Crippen LogP) is 1.66. The molecular formula is C9H18N2S. The molecule has 2 N–H and O–H groups in total. The number of thiocarbonyl (C=S) groups is 1. The maximum absolute atomic E-state index is 5.21. The van der Waals surface area contributed by atoms with Gasteiger partial charge in [0.15, 0.2) is 0 Å². The smallest absolute Gasteiger partial charge is 0.0964 e. The zero-order valence-electron chi connectivity index (χ0n) is 8.27. The van der Waals surface area contributed by atoms with Crippen molar-refractivity contribution in [3.8, 4) is 0 Å². The molecule has 12 heavy (non-hydrogen) atoms. The molecule has 0 spiro atoms. The minimum atomic E-state index is -0.0190. The fraction of sp³-hybridized carbons (Fsp3) is 0.889. The maximum Gasteiger partial charge on any atom is 0.0964 e. The third-order valence-corrected chi connectivity index (χ3v) is 2.74. The van der Waals surface area contributed by atoms with Crippen molar-refractivity contribution < 1.29 is 0 Å². The maximum atomic E-state index is 5.21. The zero-order valence-corrected chi connectivity index (χ0v) is 9.09. The average molecular weight is 186 g/mol. The molecule has 2 nitrogen and oxygen atoms in total. The molecule has 0 aromatic heterocycles. The van der Waals surface area contributed by atoms with Crippen LogP contribution in [-0.4, -0.2) is 16.7 Å². The summed E-state index contributed by atoms with van der Waals surface area (Å²) in [4.78, 5) is 0.938. The van der Waals surface area contributed by atoms with Crippen LogP contribution in [0.1, 0.15) is 34.1 Å². The van der Waals surface area contributed by atoms with Crippen LogP contribution < -0.4 is 10.6 Å². The standard InChI is InChI=1S/C9H18N2S/c1-6(2)5-7-10-8(12)9(3,4)11-7/h6-7,11H,5H2,1-4H3,(H,10,12). The normalized spacial score (nSPS) is 27.8. The summed E-state index contributed by atoms with van der Waals surface area (Å²) in [7, 11) is 0. The molecule has 0 saturated carbocycles. The topological polar surface area (TPSA) is 24.1 Å².